The first-order chi connectivity index (χ1) is 9.20. The van der Waals surface area contributed by atoms with Crippen molar-refractivity contribution in [3.8, 4) is 0 Å². The van der Waals surface area contributed by atoms with Crippen molar-refractivity contribution in [2.75, 3.05) is 0 Å². The van der Waals surface area contributed by atoms with Gasteiger partial charge in [-0.1, -0.05) is 12.1 Å². The summed E-state index contributed by atoms with van der Waals surface area (Å²) in [5.41, 5.74) is 5.27. The molecular formula is C16H15N3. The number of hydrogen-bond donors (Lipinski definition) is 0. The molecule has 2 heterocycles. The van der Waals surface area contributed by atoms with Gasteiger partial charge in [0.05, 0.1) is 16.9 Å². The van der Waals surface area contributed by atoms with Gasteiger partial charge in [-0.15, -0.1) is 0 Å². The summed E-state index contributed by atoms with van der Waals surface area (Å²) in [5.74, 6) is 0. The van der Waals surface area contributed by atoms with Crippen molar-refractivity contribution < 1.29 is 0 Å². The van der Waals surface area contributed by atoms with Crippen molar-refractivity contribution >= 4 is 10.9 Å². The van der Waals surface area contributed by atoms with Gasteiger partial charge in [0.25, 0.3) is 0 Å². The average Bonchev–Trinajstić information content (AvgIpc) is 2.39. The minimum Gasteiger partial charge on any atom is -0.261 e. The molecule has 0 radical (unpaired) electrons. The number of aromatic nitrogens is 3. The van der Waals surface area contributed by atoms with E-state index in [-0.39, 0.29) is 0 Å². The van der Waals surface area contributed by atoms with Gasteiger partial charge in [0.2, 0.25) is 0 Å². The molecule has 0 spiro atoms. The molecule has 3 aromatic rings. The Balaban J connectivity index is 1.95. The van der Waals surface area contributed by atoms with E-state index in [0.717, 1.165) is 29.0 Å². The highest BCUT2D eigenvalue weighted by Gasteiger charge is 2.01. The third kappa shape index (κ3) is 2.60. The minimum absolute atomic E-state index is 0.804. The molecule has 0 aliphatic heterocycles. The number of rotatable bonds is 2. The third-order valence-corrected chi connectivity index (χ3v) is 3.08. The Hall–Kier alpha value is -2.29. The van der Waals surface area contributed by atoms with Crippen LogP contribution >= 0.6 is 0 Å². The summed E-state index contributed by atoms with van der Waals surface area (Å²) >= 11 is 0. The quantitative estimate of drug-likeness (QED) is 0.700. The molecule has 3 rings (SSSR count). The summed E-state index contributed by atoms with van der Waals surface area (Å²) < 4.78 is 0. The van der Waals surface area contributed by atoms with Crippen LogP contribution < -0.4 is 0 Å². The molecule has 2 aromatic heterocycles. The predicted molar refractivity (Wildman–Crippen MR) is 76.1 cm³/mol. The minimum atomic E-state index is 0.804. The van der Waals surface area contributed by atoms with Crippen LogP contribution in [0.4, 0.5) is 0 Å². The first kappa shape index (κ1) is 11.8. The van der Waals surface area contributed by atoms with E-state index in [1.54, 1.807) is 6.20 Å². The number of pyridine rings is 1. The highest BCUT2D eigenvalue weighted by molar-refractivity contribution is 5.79. The molecule has 0 aliphatic rings. The molecule has 1 aromatic carbocycles. The fraction of sp³-hybridized carbons (Fsp3) is 0.188. The summed E-state index contributed by atoms with van der Waals surface area (Å²) in [6.07, 6.45) is 4.40. The van der Waals surface area contributed by atoms with Crippen LogP contribution in [0.3, 0.4) is 0 Å². The van der Waals surface area contributed by atoms with Gasteiger partial charge < -0.3 is 0 Å². The molecule has 0 bridgehead atoms. The molecule has 3 nitrogen and oxygen atoms in total. The largest absolute Gasteiger partial charge is 0.261 e. The zero-order chi connectivity index (χ0) is 13.2. The monoisotopic (exact) mass is 249 g/mol. The molecule has 19 heavy (non-hydrogen) atoms. The standard InChI is InChI=1S/C16H15N3/c1-11-3-5-14-7-13(4-6-16(14)19-11)8-15-10-17-9-12(2)18-15/h3-7,9-10H,8H2,1-2H3. The maximum Gasteiger partial charge on any atom is 0.0705 e. The molecule has 0 atom stereocenters. The third-order valence-electron chi connectivity index (χ3n) is 3.08. The fourth-order valence-corrected chi connectivity index (χ4v) is 2.20. The molecule has 0 unspecified atom stereocenters. The molecular weight excluding hydrogens is 234 g/mol. The zero-order valence-corrected chi connectivity index (χ0v) is 11.1. The number of hydrogen-bond acceptors (Lipinski definition) is 3. The first-order valence-electron chi connectivity index (χ1n) is 6.34. The maximum atomic E-state index is 4.51. The molecule has 3 heteroatoms. The van der Waals surface area contributed by atoms with Crippen molar-refractivity contribution in [1.82, 2.24) is 15.0 Å². The Kier molecular flexibility index (Phi) is 2.95. The van der Waals surface area contributed by atoms with Gasteiger partial charge >= 0.3 is 0 Å². The van der Waals surface area contributed by atoms with Gasteiger partial charge in [0.1, 0.15) is 0 Å². The SMILES string of the molecule is Cc1cncc(Cc2ccc3nc(C)ccc3c2)n1. The smallest absolute Gasteiger partial charge is 0.0705 e. The Morgan fingerprint density at radius 1 is 0.895 bits per heavy atom. The van der Waals surface area contributed by atoms with Crippen molar-refractivity contribution in [3.05, 3.63) is 65.4 Å². The normalized spacial score (nSPS) is 10.8. The second-order valence-corrected chi connectivity index (χ2v) is 4.81. The lowest BCUT2D eigenvalue weighted by atomic mass is 10.1. The topological polar surface area (TPSA) is 38.7 Å². The van der Waals surface area contributed by atoms with Crippen molar-refractivity contribution in [3.63, 3.8) is 0 Å². The van der Waals surface area contributed by atoms with E-state index in [4.69, 9.17) is 0 Å². The summed E-state index contributed by atoms with van der Waals surface area (Å²) in [4.78, 5) is 13.2. The van der Waals surface area contributed by atoms with Gasteiger partial charge in [-0.2, -0.15) is 0 Å². The van der Waals surface area contributed by atoms with Gasteiger partial charge in [-0.05, 0) is 37.6 Å². The lowest BCUT2D eigenvalue weighted by Crippen LogP contribution is -1.95. The highest BCUT2D eigenvalue weighted by atomic mass is 14.8. The van der Waals surface area contributed by atoms with Crippen LogP contribution in [-0.4, -0.2) is 15.0 Å². The van der Waals surface area contributed by atoms with E-state index >= 15 is 0 Å². The van der Waals surface area contributed by atoms with Crippen LogP contribution in [0.15, 0.2) is 42.7 Å². The van der Waals surface area contributed by atoms with Gasteiger partial charge in [0.15, 0.2) is 0 Å². The van der Waals surface area contributed by atoms with E-state index in [1.165, 1.54) is 10.9 Å². The van der Waals surface area contributed by atoms with E-state index in [0.29, 0.717) is 0 Å². The van der Waals surface area contributed by atoms with Gasteiger partial charge in [-0.3, -0.25) is 15.0 Å². The Morgan fingerprint density at radius 3 is 2.63 bits per heavy atom. The van der Waals surface area contributed by atoms with Crippen molar-refractivity contribution in [1.29, 1.82) is 0 Å². The number of nitrogens with zero attached hydrogens (tertiary/aromatic N) is 3. The maximum absolute atomic E-state index is 4.51. The van der Waals surface area contributed by atoms with Crippen LogP contribution in [0.2, 0.25) is 0 Å². The van der Waals surface area contributed by atoms with Crippen LogP contribution in [-0.2, 0) is 6.42 Å². The van der Waals surface area contributed by atoms with Crippen LogP contribution in [0.25, 0.3) is 10.9 Å². The van der Waals surface area contributed by atoms with Gasteiger partial charge in [-0.25, -0.2) is 0 Å². The Bertz CT molecular complexity index is 735. The Morgan fingerprint density at radius 2 is 1.79 bits per heavy atom. The van der Waals surface area contributed by atoms with E-state index in [2.05, 4.69) is 39.2 Å². The number of fused-ring (bicyclic) bond motifs is 1. The van der Waals surface area contributed by atoms with Gasteiger partial charge in [0, 0.05) is 29.9 Å². The van der Waals surface area contributed by atoms with Crippen LogP contribution in [0, 0.1) is 13.8 Å². The van der Waals surface area contributed by atoms with E-state index in [1.807, 2.05) is 26.1 Å². The van der Waals surface area contributed by atoms with Crippen LogP contribution in [0.1, 0.15) is 22.6 Å². The fourth-order valence-electron chi connectivity index (χ4n) is 2.20. The lowest BCUT2D eigenvalue weighted by Gasteiger charge is -2.04. The summed E-state index contributed by atoms with van der Waals surface area (Å²) in [6, 6.07) is 10.5. The molecule has 0 saturated heterocycles. The highest BCUT2D eigenvalue weighted by Crippen LogP contribution is 2.16. The second-order valence-electron chi connectivity index (χ2n) is 4.81. The predicted octanol–water partition coefficient (Wildman–Crippen LogP) is 3.23. The van der Waals surface area contributed by atoms with Crippen molar-refractivity contribution in [2.24, 2.45) is 0 Å². The summed E-state index contributed by atoms with van der Waals surface area (Å²) in [5, 5.41) is 1.17. The molecule has 0 aliphatic carbocycles. The van der Waals surface area contributed by atoms with E-state index < -0.39 is 0 Å². The lowest BCUT2D eigenvalue weighted by molar-refractivity contribution is 0.993. The van der Waals surface area contributed by atoms with E-state index in [9.17, 15) is 0 Å². The zero-order valence-electron chi connectivity index (χ0n) is 11.1. The second kappa shape index (κ2) is 4.76. The van der Waals surface area contributed by atoms with Crippen LogP contribution in [0.5, 0.6) is 0 Å². The Labute approximate surface area is 112 Å². The number of benzene rings is 1. The summed E-state index contributed by atoms with van der Waals surface area (Å²) in [6.45, 7) is 3.97. The molecule has 0 amide bonds. The number of aryl methyl sites for hydroxylation is 2. The summed E-state index contributed by atoms with van der Waals surface area (Å²) in [7, 11) is 0. The van der Waals surface area contributed by atoms with Crippen molar-refractivity contribution in [2.45, 2.75) is 20.3 Å². The first-order valence-corrected chi connectivity index (χ1v) is 6.34. The average molecular weight is 249 g/mol. The molecule has 94 valence electrons. The molecule has 0 saturated carbocycles. The molecule has 0 N–H and O–H groups in total. The molecule has 0 fully saturated rings.